The molecule has 0 bridgehead atoms. The molecule has 21 heteroatoms. The first-order valence-electron chi connectivity index (χ1n) is 12.3. The van der Waals surface area contributed by atoms with Crippen molar-refractivity contribution < 1.29 is 89.9 Å². The standard InChI is InChI=1S/2C11H19NO9.Mg/c2*1-4(14)12-7-5(15)2-11(20,10(18)19)21-9(7)8(17)6(16)3-13;/h2*5-9,13,15-17,20H,2-3H2,1H3,(H,12,14)(H,18,19);/q;;+2/p-2/t2*5-,6+,7+,8+,9+,11?;/m00./s1. The maximum Gasteiger partial charge on any atom is 2.00 e. The molecule has 2 unspecified atom stereocenters. The average molecular weight is 641 g/mol. The van der Waals surface area contributed by atoms with Gasteiger partial charge in [0.05, 0.1) is 37.5 Å². The molecular formula is C22H36MgN2O18. The van der Waals surface area contributed by atoms with Crippen LogP contribution in [0.25, 0.3) is 0 Å². The van der Waals surface area contributed by atoms with Gasteiger partial charge in [-0.1, -0.05) is 0 Å². The number of carboxylic acid groups (broad SMARTS) is 2. The summed E-state index contributed by atoms with van der Waals surface area (Å²) in [4.78, 5) is 44.0. The first kappa shape index (κ1) is 41.2. The Labute approximate surface area is 259 Å². The summed E-state index contributed by atoms with van der Waals surface area (Å²) in [5.41, 5.74) is 0. The van der Waals surface area contributed by atoms with E-state index < -0.39 is 122 Å². The number of nitrogens with one attached hydrogen (secondary N) is 2. The third-order valence-corrected chi connectivity index (χ3v) is 6.38. The van der Waals surface area contributed by atoms with Crippen LogP contribution in [0.15, 0.2) is 0 Å². The monoisotopic (exact) mass is 640 g/mol. The van der Waals surface area contributed by atoms with E-state index in [1.807, 2.05) is 0 Å². The second kappa shape index (κ2) is 17.0. The number of aliphatic carboxylic acids is 2. The number of carbonyl (C=O) groups is 4. The molecule has 2 amide bonds. The van der Waals surface area contributed by atoms with Gasteiger partial charge in [-0.25, -0.2) is 0 Å². The Morgan fingerprint density at radius 1 is 0.744 bits per heavy atom. The van der Waals surface area contributed by atoms with Gasteiger partial charge in [0.2, 0.25) is 23.4 Å². The molecule has 20 nitrogen and oxygen atoms in total. The number of ether oxygens (including phenoxy) is 2. The van der Waals surface area contributed by atoms with Gasteiger partial charge in [0.1, 0.15) is 48.6 Å². The van der Waals surface area contributed by atoms with Crippen molar-refractivity contribution in [3.05, 3.63) is 0 Å². The zero-order valence-corrected chi connectivity index (χ0v) is 24.5. The maximum atomic E-state index is 11.1. The van der Waals surface area contributed by atoms with E-state index in [9.17, 15) is 70.2 Å². The van der Waals surface area contributed by atoms with Gasteiger partial charge >= 0.3 is 23.1 Å². The first-order chi connectivity index (χ1) is 19.2. The first-order valence-corrected chi connectivity index (χ1v) is 12.3. The molecule has 0 saturated carbocycles. The van der Waals surface area contributed by atoms with Crippen LogP contribution >= 0.6 is 0 Å². The molecule has 2 fully saturated rings. The molecule has 0 aliphatic carbocycles. The summed E-state index contributed by atoms with van der Waals surface area (Å²) in [6.45, 7) is 0.456. The van der Waals surface area contributed by atoms with Gasteiger partial charge < -0.3 is 91.0 Å². The van der Waals surface area contributed by atoms with E-state index in [4.69, 9.17) is 19.7 Å². The van der Waals surface area contributed by atoms with Gasteiger partial charge in [0.25, 0.3) is 0 Å². The molecule has 0 radical (unpaired) electrons. The minimum Gasteiger partial charge on any atom is -0.544 e. The van der Waals surface area contributed by atoms with Gasteiger partial charge in [-0.15, -0.1) is 0 Å². The number of rotatable bonds is 10. The number of hydrogen-bond acceptors (Lipinski definition) is 18. The smallest absolute Gasteiger partial charge is 0.544 e. The number of amides is 2. The van der Waals surface area contributed by atoms with E-state index in [0.717, 1.165) is 13.8 Å². The molecule has 2 saturated heterocycles. The van der Waals surface area contributed by atoms with Crippen LogP contribution in [-0.2, 0) is 28.7 Å². The van der Waals surface area contributed by atoms with Crippen molar-refractivity contribution in [2.75, 3.05) is 13.2 Å². The van der Waals surface area contributed by atoms with Gasteiger partial charge in [0.15, 0.2) is 0 Å². The second-order valence-electron chi connectivity index (χ2n) is 9.79. The van der Waals surface area contributed by atoms with E-state index in [1.54, 1.807) is 0 Å². The Bertz CT molecular complexity index is 887. The van der Waals surface area contributed by atoms with Gasteiger partial charge in [0, 0.05) is 26.7 Å². The molecule has 12 atom stereocenters. The molecule has 2 aliphatic heterocycles. The van der Waals surface area contributed by atoms with E-state index >= 15 is 0 Å². The molecule has 0 spiro atoms. The third kappa shape index (κ3) is 10.6. The van der Waals surface area contributed by atoms with E-state index in [0.29, 0.717) is 0 Å². The number of carboxylic acids is 2. The fourth-order valence-electron chi connectivity index (χ4n) is 4.26. The van der Waals surface area contributed by atoms with Crippen LogP contribution in [0.1, 0.15) is 26.7 Å². The average Bonchev–Trinajstić information content (AvgIpc) is 2.89. The number of aliphatic hydroxyl groups excluding tert-OH is 8. The van der Waals surface area contributed by atoms with Crippen LogP contribution in [0, 0.1) is 0 Å². The Balaban J connectivity index is 0.000000802. The predicted octanol–water partition coefficient (Wildman–Crippen LogP) is -10.8. The zero-order valence-electron chi connectivity index (χ0n) is 23.0. The zero-order chi connectivity index (χ0) is 32.7. The molecule has 2 aliphatic rings. The molecule has 43 heavy (non-hydrogen) atoms. The topological polar surface area (TPSA) is 359 Å². The minimum atomic E-state index is -2.89. The van der Waals surface area contributed by atoms with Crippen molar-refractivity contribution in [1.82, 2.24) is 10.6 Å². The largest absolute Gasteiger partial charge is 2.00 e. The number of carbonyl (C=O) groups excluding carboxylic acids is 4. The Hall–Kier alpha value is -1.83. The van der Waals surface area contributed by atoms with E-state index in [1.165, 1.54) is 0 Å². The van der Waals surface area contributed by atoms with Crippen molar-refractivity contribution in [1.29, 1.82) is 0 Å². The van der Waals surface area contributed by atoms with Gasteiger partial charge in [-0.3, -0.25) is 9.59 Å². The van der Waals surface area contributed by atoms with E-state index in [2.05, 4.69) is 10.6 Å². The summed E-state index contributed by atoms with van der Waals surface area (Å²) in [5.74, 6) is -11.1. The van der Waals surface area contributed by atoms with Crippen molar-refractivity contribution in [2.24, 2.45) is 0 Å². The van der Waals surface area contributed by atoms with Crippen LogP contribution in [0.2, 0.25) is 0 Å². The van der Waals surface area contributed by atoms with Gasteiger partial charge in [-0.2, -0.15) is 0 Å². The molecule has 0 aromatic rings. The molecule has 0 aromatic carbocycles. The van der Waals surface area contributed by atoms with Crippen LogP contribution in [0.5, 0.6) is 0 Å². The van der Waals surface area contributed by atoms with Crippen LogP contribution < -0.4 is 20.8 Å². The fraction of sp³-hybridized carbons (Fsp3) is 0.818. The fourth-order valence-corrected chi connectivity index (χ4v) is 4.26. The molecular weight excluding hydrogens is 605 g/mol. The SMILES string of the molecule is CC(=O)N[C@H]1[C@H]([C@H](O)[C@H](O)CO)OC(O)(C(=O)[O-])C[C@@H]1O.CC(=O)N[C@H]1[C@H]([C@H](O)[C@H](O)CO)OC(O)(C(=O)[O-])C[C@@H]1O.[Mg+2]. The predicted molar refractivity (Wildman–Crippen MR) is 130 cm³/mol. The Morgan fingerprint density at radius 2 is 1.02 bits per heavy atom. The van der Waals surface area contributed by atoms with Gasteiger partial charge in [-0.05, 0) is 0 Å². The molecule has 12 N–H and O–H groups in total. The normalized spacial score (nSPS) is 35.0. The maximum absolute atomic E-state index is 11.1. The minimum absolute atomic E-state index is 0. The summed E-state index contributed by atoms with van der Waals surface area (Å²) in [6.07, 6.45) is -15.3. The third-order valence-electron chi connectivity index (χ3n) is 6.38. The van der Waals surface area contributed by atoms with Crippen molar-refractivity contribution in [3.63, 3.8) is 0 Å². The molecule has 244 valence electrons. The number of hydrogen-bond donors (Lipinski definition) is 12. The molecule has 2 heterocycles. The quantitative estimate of drug-likeness (QED) is 0.0985. The van der Waals surface area contributed by atoms with Crippen LogP contribution in [0.4, 0.5) is 0 Å². The second-order valence-corrected chi connectivity index (χ2v) is 9.79. The summed E-state index contributed by atoms with van der Waals surface area (Å²) < 4.78 is 9.60. The van der Waals surface area contributed by atoms with E-state index in [-0.39, 0.29) is 23.1 Å². The Morgan fingerprint density at radius 3 is 1.23 bits per heavy atom. The summed E-state index contributed by atoms with van der Waals surface area (Å²) in [5, 5.41) is 122. The van der Waals surface area contributed by atoms with Crippen molar-refractivity contribution in [2.45, 2.75) is 99.2 Å². The molecule has 2 rings (SSSR count). The van der Waals surface area contributed by atoms with Crippen molar-refractivity contribution in [3.8, 4) is 0 Å². The van der Waals surface area contributed by atoms with Crippen LogP contribution in [0.3, 0.4) is 0 Å². The van der Waals surface area contributed by atoms with Crippen LogP contribution in [-0.4, -0.2) is 184 Å². The van der Waals surface area contributed by atoms with Crippen molar-refractivity contribution >= 4 is 46.8 Å². The Kier molecular flexibility index (Phi) is 16.3. The number of aliphatic hydroxyl groups is 10. The summed E-state index contributed by atoms with van der Waals surface area (Å²) in [7, 11) is 0. The molecule has 0 aromatic heterocycles. The summed E-state index contributed by atoms with van der Waals surface area (Å²) >= 11 is 0. The summed E-state index contributed by atoms with van der Waals surface area (Å²) in [6, 6.07) is -2.59.